The fourth-order valence-electron chi connectivity index (χ4n) is 1.60. The second-order valence-electron chi connectivity index (χ2n) is 3.86. The molecule has 104 valence electrons. The van der Waals surface area contributed by atoms with E-state index >= 15 is 0 Å². The first-order valence-electron chi connectivity index (χ1n) is 5.50. The molecule has 0 fully saturated rings. The van der Waals surface area contributed by atoms with Gasteiger partial charge >= 0.3 is 5.97 Å². The van der Waals surface area contributed by atoms with Crippen LogP contribution in [0.1, 0.15) is 23.7 Å². The second-order valence-corrected chi connectivity index (χ2v) is 6.26. The van der Waals surface area contributed by atoms with E-state index in [2.05, 4.69) is 0 Å². The van der Waals surface area contributed by atoms with Crippen molar-refractivity contribution in [2.45, 2.75) is 23.5 Å². The van der Waals surface area contributed by atoms with Gasteiger partial charge in [-0.1, -0.05) is 19.1 Å². The number of carboxylic acid groups (broad SMARTS) is 1. The number of carbonyl (C=O) groups excluding carboxylic acids is 1. The van der Waals surface area contributed by atoms with Gasteiger partial charge in [0.2, 0.25) is 0 Å². The van der Waals surface area contributed by atoms with Crippen LogP contribution < -0.4 is 0 Å². The molecule has 0 spiro atoms. The van der Waals surface area contributed by atoms with Gasteiger partial charge in [0.05, 0.1) is 10.8 Å². The van der Waals surface area contributed by atoms with Gasteiger partial charge in [-0.2, -0.15) is 0 Å². The minimum absolute atomic E-state index is 0.0277. The molecule has 0 saturated carbocycles. The monoisotopic (exact) mass is 304 g/mol. The van der Waals surface area contributed by atoms with Gasteiger partial charge in [0.1, 0.15) is 0 Å². The van der Waals surface area contributed by atoms with Crippen molar-refractivity contribution in [2.24, 2.45) is 0 Å². The van der Waals surface area contributed by atoms with Crippen molar-refractivity contribution in [3.8, 4) is 0 Å². The molecule has 0 heterocycles. The van der Waals surface area contributed by atoms with Gasteiger partial charge in [0.25, 0.3) is 0 Å². The molecule has 19 heavy (non-hydrogen) atoms. The second kappa shape index (κ2) is 6.16. The highest BCUT2D eigenvalue weighted by molar-refractivity contribution is 7.92. The van der Waals surface area contributed by atoms with Crippen LogP contribution in [0.5, 0.6) is 0 Å². The minimum atomic E-state index is -3.94. The first-order chi connectivity index (χ1) is 8.84. The Hall–Kier alpha value is -1.40. The van der Waals surface area contributed by atoms with Crippen LogP contribution in [0.15, 0.2) is 29.2 Å². The van der Waals surface area contributed by atoms with Crippen molar-refractivity contribution in [3.05, 3.63) is 29.8 Å². The molecule has 5 nitrogen and oxygen atoms in total. The zero-order valence-electron chi connectivity index (χ0n) is 10.2. The number of Topliss-reactive ketones (excluding diaryl/α,β-unsaturated/α-hetero) is 1. The Labute approximate surface area is 116 Å². The van der Waals surface area contributed by atoms with Crippen LogP contribution >= 0.6 is 11.6 Å². The number of ketones is 1. The van der Waals surface area contributed by atoms with Crippen molar-refractivity contribution in [1.82, 2.24) is 0 Å². The number of halogens is 1. The molecule has 7 heteroatoms. The first-order valence-corrected chi connectivity index (χ1v) is 7.58. The molecule has 0 aliphatic rings. The van der Waals surface area contributed by atoms with E-state index in [0.717, 1.165) is 0 Å². The van der Waals surface area contributed by atoms with Crippen LogP contribution in [-0.4, -0.2) is 36.4 Å². The summed E-state index contributed by atoms with van der Waals surface area (Å²) in [4.78, 5) is 22.1. The van der Waals surface area contributed by atoms with Gasteiger partial charge in [-0.05, 0) is 18.6 Å². The molecule has 0 aliphatic heterocycles. The third-order valence-corrected chi connectivity index (χ3v) is 5.10. The highest BCUT2D eigenvalue weighted by atomic mass is 35.5. The molecular weight excluding hydrogens is 292 g/mol. The maximum atomic E-state index is 12.1. The van der Waals surface area contributed by atoms with Gasteiger partial charge < -0.3 is 5.11 Å². The van der Waals surface area contributed by atoms with Crippen molar-refractivity contribution in [3.63, 3.8) is 0 Å². The molecule has 1 aromatic carbocycles. The Bertz CT molecular complexity index is 577. The highest BCUT2D eigenvalue weighted by Crippen LogP contribution is 2.19. The molecule has 1 unspecified atom stereocenters. The summed E-state index contributed by atoms with van der Waals surface area (Å²) in [7, 11) is -3.94. The number of hydrogen-bond acceptors (Lipinski definition) is 4. The molecule has 1 N–H and O–H groups in total. The number of benzene rings is 1. The van der Waals surface area contributed by atoms with E-state index in [-0.39, 0.29) is 28.5 Å². The predicted octanol–water partition coefficient (Wildman–Crippen LogP) is 1.75. The van der Waals surface area contributed by atoms with E-state index in [4.69, 9.17) is 16.7 Å². The molecule has 0 bridgehead atoms. The maximum Gasteiger partial charge on any atom is 0.322 e. The van der Waals surface area contributed by atoms with Gasteiger partial charge in [0.15, 0.2) is 20.9 Å². The number of sulfone groups is 1. The largest absolute Gasteiger partial charge is 0.480 e. The van der Waals surface area contributed by atoms with Crippen molar-refractivity contribution in [1.29, 1.82) is 0 Å². The third-order valence-electron chi connectivity index (χ3n) is 2.65. The lowest BCUT2D eigenvalue weighted by Crippen LogP contribution is -2.29. The fourth-order valence-corrected chi connectivity index (χ4v) is 3.30. The third kappa shape index (κ3) is 3.33. The van der Waals surface area contributed by atoms with Gasteiger partial charge in [0, 0.05) is 5.56 Å². The Kier molecular flexibility index (Phi) is 5.08. The van der Waals surface area contributed by atoms with Crippen molar-refractivity contribution < 1.29 is 23.1 Å². The van der Waals surface area contributed by atoms with E-state index in [9.17, 15) is 18.0 Å². The normalized spacial score (nSPS) is 12.9. The van der Waals surface area contributed by atoms with Crippen LogP contribution in [-0.2, 0) is 14.6 Å². The van der Waals surface area contributed by atoms with E-state index in [1.807, 2.05) is 0 Å². The summed E-state index contributed by atoms with van der Waals surface area (Å²) in [6, 6.07) is 5.10. The smallest absolute Gasteiger partial charge is 0.322 e. The van der Waals surface area contributed by atoms with Crippen LogP contribution in [0.4, 0.5) is 0 Å². The molecule has 0 aromatic heterocycles. The Balaban J connectivity index is 3.16. The fraction of sp³-hybridized carbons (Fsp3) is 0.333. The number of aliphatic carboxylic acids is 1. The van der Waals surface area contributed by atoms with Crippen molar-refractivity contribution >= 4 is 33.2 Å². The highest BCUT2D eigenvalue weighted by Gasteiger charge is 2.32. The van der Waals surface area contributed by atoms with E-state index in [0.29, 0.717) is 0 Å². The maximum absolute atomic E-state index is 12.1. The lowest BCUT2D eigenvalue weighted by atomic mass is 10.1. The van der Waals surface area contributed by atoms with Crippen LogP contribution in [0.2, 0.25) is 0 Å². The topological polar surface area (TPSA) is 88.5 Å². The Morgan fingerprint density at radius 2 is 1.79 bits per heavy atom. The lowest BCUT2D eigenvalue weighted by molar-refractivity contribution is -0.136. The molecule has 1 atom stereocenters. The predicted molar refractivity (Wildman–Crippen MR) is 70.4 cm³/mol. The molecule has 1 aromatic rings. The molecule has 0 saturated heterocycles. The summed E-state index contributed by atoms with van der Waals surface area (Å²) < 4.78 is 24.1. The standard InChI is InChI=1S/C12H13ClO5S/c1-2-11(12(15)16)19(17,18)9-5-3-8(4-6-9)10(14)7-13/h3-6,11H,2,7H2,1H3,(H,15,16). The number of rotatable bonds is 6. The summed E-state index contributed by atoms with van der Waals surface area (Å²) in [5.74, 6) is -1.90. The molecule has 1 rings (SSSR count). The van der Waals surface area contributed by atoms with Crippen LogP contribution in [0.25, 0.3) is 0 Å². The average molecular weight is 305 g/mol. The zero-order chi connectivity index (χ0) is 14.6. The molecule has 0 aliphatic carbocycles. The molecule has 0 amide bonds. The summed E-state index contributed by atoms with van der Waals surface area (Å²) in [5, 5.41) is 7.42. The summed E-state index contributed by atoms with van der Waals surface area (Å²) in [5.41, 5.74) is 0.289. The van der Waals surface area contributed by atoms with Crippen LogP contribution in [0.3, 0.4) is 0 Å². The van der Waals surface area contributed by atoms with Gasteiger partial charge in [-0.15, -0.1) is 11.6 Å². The quantitative estimate of drug-likeness (QED) is 0.639. The lowest BCUT2D eigenvalue weighted by Gasteiger charge is -2.11. The summed E-state index contributed by atoms with van der Waals surface area (Å²) in [6.07, 6.45) is -0.0277. The van der Waals surface area contributed by atoms with Crippen LogP contribution in [0, 0.1) is 0 Å². The zero-order valence-corrected chi connectivity index (χ0v) is 11.7. The number of carbonyl (C=O) groups is 2. The van der Waals surface area contributed by atoms with Crippen molar-refractivity contribution in [2.75, 3.05) is 5.88 Å². The number of carboxylic acids is 1. The average Bonchev–Trinajstić information content (AvgIpc) is 2.38. The molecule has 0 radical (unpaired) electrons. The Morgan fingerprint density at radius 1 is 1.26 bits per heavy atom. The van der Waals surface area contributed by atoms with E-state index in [1.165, 1.54) is 31.2 Å². The SMILES string of the molecule is CCC(C(=O)O)S(=O)(=O)c1ccc(C(=O)CCl)cc1. The summed E-state index contributed by atoms with van der Waals surface area (Å²) >= 11 is 5.39. The number of alkyl halides is 1. The first kappa shape index (κ1) is 15.7. The summed E-state index contributed by atoms with van der Waals surface area (Å²) in [6.45, 7) is 1.49. The van der Waals surface area contributed by atoms with Gasteiger partial charge in [-0.3, -0.25) is 9.59 Å². The molecular formula is C12H13ClO5S. The van der Waals surface area contributed by atoms with E-state index in [1.54, 1.807) is 0 Å². The Morgan fingerprint density at radius 3 is 2.16 bits per heavy atom. The number of hydrogen-bond donors (Lipinski definition) is 1. The van der Waals surface area contributed by atoms with Gasteiger partial charge in [-0.25, -0.2) is 8.42 Å². The minimum Gasteiger partial charge on any atom is -0.480 e. The van der Waals surface area contributed by atoms with E-state index < -0.39 is 21.1 Å².